The molecule has 1 heterocycles. The first kappa shape index (κ1) is 22.2. The minimum atomic E-state index is -1.03. The molecule has 0 unspecified atom stereocenters. The molecule has 0 radical (unpaired) electrons. The van der Waals surface area contributed by atoms with Gasteiger partial charge in [-0.05, 0) is 70.4 Å². The van der Waals surface area contributed by atoms with Gasteiger partial charge in [-0.15, -0.1) is 0 Å². The quantitative estimate of drug-likeness (QED) is 0.536. The fraction of sp³-hybridized carbons (Fsp3) is 0.409. The Morgan fingerprint density at radius 1 is 1.03 bits per heavy atom. The van der Waals surface area contributed by atoms with Crippen LogP contribution in [0.1, 0.15) is 57.1 Å². The third kappa shape index (κ3) is 5.47. The lowest BCUT2D eigenvalue weighted by atomic mass is 10.1. The molecular formula is C22H27NO6. The van der Waals surface area contributed by atoms with Crippen LogP contribution >= 0.6 is 0 Å². The number of benzene rings is 1. The lowest BCUT2D eigenvalue weighted by Gasteiger charge is -2.13. The average Bonchev–Trinajstić information content (AvgIpc) is 2.93. The van der Waals surface area contributed by atoms with Crippen LogP contribution in [0, 0.1) is 27.7 Å². The Hall–Kier alpha value is -3.09. The number of hydrogen-bond donors (Lipinski definition) is 1. The molecule has 0 saturated heterocycles. The molecule has 1 aromatic carbocycles. The van der Waals surface area contributed by atoms with Crippen LogP contribution in [-0.2, 0) is 14.3 Å². The number of aromatic amines is 1. The largest absolute Gasteiger partial charge is 0.482 e. The van der Waals surface area contributed by atoms with Crippen LogP contribution in [0.15, 0.2) is 18.2 Å². The number of aryl methyl sites for hydroxylation is 3. The van der Waals surface area contributed by atoms with Gasteiger partial charge in [-0.3, -0.25) is 4.79 Å². The molecule has 2 aromatic rings. The Kier molecular flexibility index (Phi) is 7.20. The zero-order chi connectivity index (χ0) is 21.7. The normalized spacial score (nSPS) is 11.7. The van der Waals surface area contributed by atoms with Gasteiger partial charge in [-0.2, -0.15) is 0 Å². The van der Waals surface area contributed by atoms with Gasteiger partial charge in [0.2, 0.25) is 5.78 Å². The van der Waals surface area contributed by atoms with Gasteiger partial charge in [0.05, 0.1) is 17.9 Å². The lowest BCUT2D eigenvalue weighted by molar-refractivity contribution is -0.148. The zero-order valence-electron chi connectivity index (χ0n) is 17.7. The van der Waals surface area contributed by atoms with Crippen LogP contribution in [0.2, 0.25) is 0 Å². The summed E-state index contributed by atoms with van der Waals surface area (Å²) in [6.07, 6.45) is -1.03. The number of carbonyl (C=O) groups excluding carboxylic acids is 3. The maximum atomic E-state index is 12.7. The molecule has 2 rings (SSSR count). The smallest absolute Gasteiger partial charge is 0.344 e. The molecule has 7 heteroatoms. The SMILES string of the molecule is CCOC(=O)c1c(C)[nH]c(C(=O)[C@@H](C)OC(=O)COc2cc(C)cc(C)c2)c1C. The van der Waals surface area contributed by atoms with Crippen molar-refractivity contribution in [3.63, 3.8) is 0 Å². The average molecular weight is 401 g/mol. The van der Waals surface area contributed by atoms with Crippen molar-refractivity contribution in [2.45, 2.75) is 47.6 Å². The molecule has 7 nitrogen and oxygen atoms in total. The highest BCUT2D eigenvalue weighted by Crippen LogP contribution is 2.21. The Bertz CT molecular complexity index is 907. The summed E-state index contributed by atoms with van der Waals surface area (Å²) in [7, 11) is 0. The second-order valence-corrected chi connectivity index (χ2v) is 6.95. The third-order valence-electron chi connectivity index (χ3n) is 4.39. The maximum absolute atomic E-state index is 12.7. The van der Waals surface area contributed by atoms with Crippen molar-refractivity contribution in [1.29, 1.82) is 0 Å². The molecule has 0 spiro atoms. The summed E-state index contributed by atoms with van der Waals surface area (Å²) in [4.78, 5) is 39.8. The summed E-state index contributed by atoms with van der Waals surface area (Å²) in [6.45, 7) is 10.3. The molecule has 29 heavy (non-hydrogen) atoms. The number of Topliss-reactive ketones (excluding diaryl/α,β-unsaturated/α-hetero) is 1. The molecule has 0 aliphatic heterocycles. The van der Waals surface area contributed by atoms with Crippen molar-refractivity contribution in [3.05, 3.63) is 51.8 Å². The van der Waals surface area contributed by atoms with Gasteiger partial charge in [0.1, 0.15) is 5.75 Å². The van der Waals surface area contributed by atoms with E-state index in [0.29, 0.717) is 22.6 Å². The van der Waals surface area contributed by atoms with E-state index in [9.17, 15) is 14.4 Å². The second kappa shape index (κ2) is 9.41. The molecule has 0 fully saturated rings. The maximum Gasteiger partial charge on any atom is 0.344 e. The Labute approximate surface area is 170 Å². The van der Waals surface area contributed by atoms with Crippen LogP contribution in [0.3, 0.4) is 0 Å². The molecule has 1 atom stereocenters. The van der Waals surface area contributed by atoms with Crippen LogP contribution in [0.25, 0.3) is 0 Å². The van der Waals surface area contributed by atoms with Crippen molar-refractivity contribution in [3.8, 4) is 5.75 Å². The van der Waals surface area contributed by atoms with E-state index in [4.69, 9.17) is 14.2 Å². The van der Waals surface area contributed by atoms with Crippen LogP contribution in [0.5, 0.6) is 5.75 Å². The number of ketones is 1. The third-order valence-corrected chi connectivity index (χ3v) is 4.39. The van der Waals surface area contributed by atoms with Crippen LogP contribution in [-0.4, -0.2) is 42.0 Å². The van der Waals surface area contributed by atoms with E-state index in [1.54, 1.807) is 20.8 Å². The van der Waals surface area contributed by atoms with Crippen molar-refractivity contribution in [1.82, 2.24) is 4.98 Å². The van der Waals surface area contributed by atoms with E-state index in [0.717, 1.165) is 11.1 Å². The molecule has 0 saturated carbocycles. The first-order valence-electron chi connectivity index (χ1n) is 9.45. The van der Waals surface area contributed by atoms with E-state index >= 15 is 0 Å². The number of hydrogen-bond acceptors (Lipinski definition) is 6. The molecule has 1 aromatic heterocycles. The van der Waals surface area contributed by atoms with E-state index in [1.165, 1.54) is 6.92 Å². The lowest BCUT2D eigenvalue weighted by Crippen LogP contribution is -2.28. The Morgan fingerprint density at radius 3 is 2.24 bits per heavy atom. The monoisotopic (exact) mass is 401 g/mol. The summed E-state index contributed by atoms with van der Waals surface area (Å²) in [5, 5.41) is 0. The number of ether oxygens (including phenoxy) is 3. The number of aromatic nitrogens is 1. The molecule has 1 N–H and O–H groups in total. The zero-order valence-corrected chi connectivity index (χ0v) is 17.7. The predicted octanol–water partition coefficient (Wildman–Crippen LogP) is 3.62. The Morgan fingerprint density at radius 2 is 1.66 bits per heavy atom. The second-order valence-electron chi connectivity index (χ2n) is 6.95. The van der Waals surface area contributed by atoms with Crippen molar-refractivity contribution >= 4 is 17.7 Å². The number of rotatable bonds is 8. The highest BCUT2D eigenvalue weighted by molar-refractivity contribution is 6.04. The number of esters is 2. The van der Waals surface area contributed by atoms with E-state index in [2.05, 4.69) is 4.98 Å². The van der Waals surface area contributed by atoms with E-state index < -0.39 is 23.8 Å². The van der Waals surface area contributed by atoms with Gasteiger partial charge >= 0.3 is 11.9 Å². The molecular weight excluding hydrogens is 374 g/mol. The van der Waals surface area contributed by atoms with Gasteiger partial charge in [0.15, 0.2) is 12.7 Å². The number of nitrogens with one attached hydrogen (secondary N) is 1. The Balaban J connectivity index is 2.02. The minimum Gasteiger partial charge on any atom is -0.482 e. The fourth-order valence-corrected chi connectivity index (χ4v) is 3.15. The number of H-pyrrole nitrogens is 1. The summed E-state index contributed by atoms with van der Waals surface area (Å²) in [5.41, 5.74) is 3.59. The number of carbonyl (C=O) groups is 3. The predicted molar refractivity (Wildman–Crippen MR) is 108 cm³/mol. The molecule has 0 aliphatic rings. The molecule has 0 aliphatic carbocycles. The van der Waals surface area contributed by atoms with Crippen LogP contribution < -0.4 is 4.74 Å². The first-order valence-corrected chi connectivity index (χ1v) is 9.45. The van der Waals surface area contributed by atoms with Gasteiger partial charge in [0.25, 0.3) is 0 Å². The summed E-state index contributed by atoms with van der Waals surface area (Å²) in [5.74, 6) is -1.02. The highest BCUT2D eigenvalue weighted by atomic mass is 16.6. The fourth-order valence-electron chi connectivity index (χ4n) is 3.15. The van der Waals surface area contributed by atoms with Crippen molar-refractivity contribution < 1.29 is 28.6 Å². The standard InChI is InChI=1S/C22H27NO6/c1-7-27-22(26)19-14(4)20(23-15(19)5)21(25)16(6)29-18(24)11-28-17-9-12(2)8-13(3)10-17/h8-10,16,23H,7,11H2,1-6H3/t16-/m1/s1. The first-order chi connectivity index (χ1) is 13.6. The summed E-state index contributed by atoms with van der Waals surface area (Å²) < 4.78 is 15.7. The summed E-state index contributed by atoms with van der Waals surface area (Å²) >= 11 is 0. The van der Waals surface area contributed by atoms with Gasteiger partial charge < -0.3 is 19.2 Å². The van der Waals surface area contributed by atoms with Gasteiger partial charge in [-0.25, -0.2) is 9.59 Å². The topological polar surface area (TPSA) is 94.7 Å². The molecule has 0 bridgehead atoms. The van der Waals surface area contributed by atoms with E-state index in [-0.39, 0.29) is 18.9 Å². The molecule has 0 amide bonds. The van der Waals surface area contributed by atoms with Crippen LogP contribution in [0.4, 0.5) is 0 Å². The molecule has 156 valence electrons. The minimum absolute atomic E-state index is 0.223. The highest BCUT2D eigenvalue weighted by Gasteiger charge is 2.27. The van der Waals surface area contributed by atoms with Crippen molar-refractivity contribution in [2.75, 3.05) is 13.2 Å². The van der Waals surface area contributed by atoms with Gasteiger partial charge in [-0.1, -0.05) is 6.07 Å². The van der Waals surface area contributed by atoms with E-state index in [1.807, 2.05) is 32.0 Å². The summed E-state index contributed by atoms with van der Waals surface area (Å²) in [6, 6.07) is 5.63. The van der Waals surface area contributed by atoms with Crippen molar-refractivity contribution in [2.24, 2.45) is 0 Å². The van der Waals surface area contributed by atoms with Gasteiger partial charge in [0, 0.05) is 5.69 Å².